The summed E-state index contributed by atoms with van der Waals surface area (Å²) in [5.41, 5.74) is -3.75. The van der Waals surface area contributed by atoms with Gasteiger partial charge in [0.2, 0.25) is 0 Å². The van der Waals surface area contributed by atoms with E-state index in [0.29, 0.717) is 21.9 Å². The van der Waals surface area contributed by atoms with Crippen molar-refractivity contribution in [3.05, 3.63) is 92.3 Å². The van der Waals surface area contributed by atoms with Gasteiger partial charge < -0.3 is 30.0 Å². The molecule has 0 radical (unpaired) electrons. The van der Waals surface area contributed by atoms with Gasteiger partial charge >= 0.3 is 35.3 Å². The first-order valence-corrected chi connectivity index (χ1v) is 12.0. The molecule has 2 aromatic carbocycles. The molecule has 2 amide bonds. The molecule has 4 aromatic rings. The Balaban J connectivity index is 1.60. The van der Waals surface area contributed by atoms with Gasteiger partial charge in [0.05, 0.1) is 34.5 Å². The fourth-order valence-corrected chi connectivity index (χ4v) is 4.03. The van der Waals surface area contributed by atoms with Crippen molar-refractivity contribution in [3.63, 3.8) is 0 Å². The number of amides is 2. The summed E-state index contributed by atoms with van der Waals surface area (Å²) < 4.78 is 48.5. The Kier molecular flexibility index (Phi) is 7.98. The van der Waals surface area contributed by atoms with Crippen LogP contribution in [0.3, 0.4) is 0 Å². The number of benzene rings is 2. The van der Waals surface area contributed by atoms with Crippen LogP contribution >= 0.6 is 0 Å². The van der Waals surface area contributed by atoms with Crippen LogP contribution < -0.4 is 21.8 Å². The van der Waals surface area contributed by atoms with Gasteiger partial charge in [-0.3, -0.25) is 19.0 Å². The summed E-state index contributed by atoms with van der Waals surface area (Å²) in [6, 6.07) is 8.42. The number of ether oxygens (including phenoxy) is 1. The number of halogens is 3. The van der Waals surface area contributed by atoms with E-state index in [0.717, 1.165) is 10.6 Å². The number of alkyl halides is 3. The van der Waals surface area contributed by atoms with Gasteiger partial charge in [-0.2, -0.15) is 13.2 Å². The predicted molar refractivity (Wildman–Crippen MR) is 139 cm³/mol. The number of carboxylic acids is 1. The number of aromatic amines is 1. The standard InChI is InChI=1S/C26H22F3N5O7/c1-2-41-24(39)15-4-3-5-16(8-15)31-25(40)30-11-14-6-7-33(12-14)19-10-20-18(9-17(19)26(27,28)29)32-22(37)23(38)34(20)13-21(35)36/h3-10,12H,2,11,13H2,1H3,(H,32,37)(H,35,36)(H2,30,31,40). The molecule has 0 saturated heterocycles. The van der Waals surface area contributed by atoms with Crippen LogP contribution in [0, 0.1) is 0 Å². The Morgan fingerprint density at radius 1 is 1.10 bits per heavy atom. The van der Waals surface area contributed by atoms with Crippen molar-refractivity contribution in [1.82, 2.24) is 19.4 Å². The minimum absolute atomic E-state index is 0.0949. The van der Waals surface area contributed by atoms with Crippen molar-refractivity contribution in [3.8, 4) is 5.69 Å². The Labute approximate surface area is 228 Å². The molecular formula is C26H22F3N5O7. The molecule has 41 heavy (non-hydrogen) atoms. The molecule has 0 aliphatic carbocycles. The molecule has 0 fully saturated rings. The molecule has 0 aliphatic rings. The quantitative estimate of drug-likeness (QED) is 0.186. The van der Waals surface area contributed by atoms with Gasteiger partial charge in [0.15, 0.2) is 0 Å². The molecule has 4 rings (SSSR count). The summed E-state index contributed by atoms with van der Waals surface area (Å²) >= 11 is 0. The largest absolute Gasteiger partial charge is 0.480 e. The highest BCUT2D eigenvalue weighted by molar-refractivity contribution is 5.94. The second-order valence-electron chi connectivity index (χ2n) is 8.66. The monoisotopic (exact) mass is 573 g/mol. The minimum atomic E-state index is -4.88. The van der Waals surface area contributed by atoms with Gasteiger partial charge in [-0.25, -0.2) is 9.59 Å². The molecule has 2 aromatic heterocycles. The lowest BCUT2D eigenvalue weighted by Gasteiger charge is -2.17. The van der Waals surface area contributed by atoms with E-state index in [1.165, 1.54) is 30.6 Å². The van der Waals surface area contributed by atoms with Crippen LogP contribution in [0.1, 0.15) is 28.4 Å². The number of hydrogen-bond acceptors (Lipinski definition) is 6. The van der Waals surface area contributed by atoms with Gasteiger partial charge in [0.25, 0.3) is 0 Å². The molecule has 0 saturated carbocycles. The number of fused-ring (bicyclic) bond motifs is 1. The second-order valence-corrected chi connectivity index (χ2v) is 8.66. The number of urea groups is 1. The molecule has 4 N–H and O–H groups in total. The highest BCUT2D eigenvalue weighted by Crippen LogP contribution is 2.36. The molecular weight excluding hydrogens is 551 g/mol. The normalized spacial score (nSPS) is 11.3. The molecule has 0 aliphatic heterocycles. The molecule has 0 unspecified atom stereocenters. The third kappa shape index (κ3) is 6.46. The highest BCUT2D eigenvalue weighted by atomic mass is 19.4. The Morgan fingerprint density at radius 2 is 1.85 bits per heavy atom. The number of aromatic nitrogens is 3. The third-order valence-electron chi connectivity index (χ3n) is 5.81. The van der Waals surface area contributed by atoms with E-state index in [4.69, 9.17) is 9.84 Å². The van der Waals surface area contributed by atoms with E-state index < -0.39 is 53.1 Å². The number of hydrogen-bond donors (Lipinski definition) is 4. The number of carbonyl (C=O) groups is 3. The summed E-state index contributed by atoms with van der Waals surface area (Å²) in [5, 5.41) is 14.3. The average molecular weight is 573 g/mol. The van der Waals surface area contributed by atoms with Gasteiger partial charge in [-0.15, -0.1) is 0 Å². The van der Waals surface area contributed by atoms with Crippen molar-refractivity contribution in [2.45, 2.75) is 26.2 Å². The lowest BCUT2D eigenvalue weighted by Crippen LogP contribution is -2.38. The Morgan fingerprint density at radius 3 is 2.54 bits per heavy atom. The Bertz CT molecular complexity index is 1770. The topological polar surface area (TPSA) is 165 Å². The van der Waals surface area contributed by atoms with Gasteiger partial charge in [-0.05, 0) is 48.9 Å². The predicted octanol–water partition coefficient (Wildman–Crippen LogP) is 3.08. The molecule has 2 heterocycles. The maximum atomic E-state index is 14.0. The van der Waals surface area contributed by atoms with Crippen LogP contribution in [-0.4, -0.2) is 43.8 Å². The zero-order valence-electron chi connectivity index (χ0n) is 21.2. The molecule has 0 bridgehead atoms. The first kappa shape index (κ1) is 28.7. The van der Waals surface area contributed by atoms with E-state index in [2.05, 4.69) is 15.6 Å². The van der Waals surface area contributed by atoms with E-state index in [9.17, 15) is 37.1 Å². The van der Waals surface area contributed by atoms with E-state index >= 15 is 0 Å². The van der Waals surface area contributed by atoms with E-state index in [-0.39, 0.29) is 29.7 Å². The van der Waals surface area contributed by atoms with Crippen LogP contribution in [-0.2, 0) is 28.8 Å². The maximum Gasteiger partial charge on any atom is 0.418 e. The van der Waals surface area contributed by atoms with E-state index in [1.54, 1.807) is 19.1 Å². The number of esters is 1. The number of nitrogens with zero attached hydrogens (tertiary/aromatic N) is 2. The van der Waals surface area contributed by atoms with Crippen LogP contribution in [0.5, 0.6) is 0 Å². The van der Waals surface area contributed by atoms with E-state index in [1.807, 2.05) is 0 Å². The van der Waals surface area contributed by atoms with Crippen molar-refractivity contribution in [2.75, 3.05) is 11.9 Å². The van der Waals surface area contributed by atoms with Crippen LogP contribution in [0.4, 0.5) is 23.7 Å². The second kappa shape index (κ2) is 11.4. The molecule has 12 nitrogen and oxygen atoms in total. The lowest BCUT2D eigenvalue weighted by molar-refractivity contribution is -0.138. The average Bonchev–Trinajstić information content (AvgIpc) is 3.38. The fourth-order valence-electron chi connectivity index (χ4n) is 4.03. The number of carboxylic acid groups (broad SMARTS) is 1. The fraction of sp³-hybridized carbons (Fsp3) is 0.192. The number of carbonyl (C=O) groups excluding carboxylic acids is 2. The summed E-state index contributed by atoms with van der Waals surface area (Å²) in [6.07, 6.45) is -2.28. The van der Waals surface area contributed by atoms with Crippen molar-refractivity contribution in [2.24, 2.45) is 0 Å². The summed E-state index contributed by atoms with van der Waals surface area (Å²) in [6.45, 7) is 0.803. The summed E-state index contributed by atoms with van der Waals surface area (Å²) in [4.78, 5) is 61.8. The zero-order chi connectivity index (χ0) is 29.9. The van der Waals surface area contributed by atoms with Crippen molar-refractivity contribution in [1.29, 1.82) is 0 Å². The van der Waals surface area contributed by atoms with Gasteiger partial charge in [0.1, 0.15) is 6.54 Å². The first-order chi connectivity index (χ1) is 19.4. The molecule has 0 spiro atoms. The van der Waals surface area contributed by atoms with Crippen molar-refractivity contribution < 1.29 is 37.4 Å². The maximum absolute atomic E-state index is 14.0. The molecule has 15 heteroatoms. The number of anilines is 1. The van der Waals surface area contributed by atoms with Crippen LogP contribution in [0.15, 0.2) is 64.4 Å². The first-order valence-electron chi connectivity index (χ1n) is 12.0. The van der Waals surface area contributed by atoms with Crippen LogP contribution in [0.25, 0.3) is 16.7 Å². The van der Waals surface area contributed by atoms with Crippen molar-refractivity contribution >= 4 is 34.7 Å². The number of aliphatic carboxylic acids is 1. The lowest BCUT2D eigenvalue weighted by atomic mass is 10.1. The number of rotatable bonds is 8. The zero-order valence-corrected chi connectivity index (χ0v) is 21.2. The number of H-pyrrole nitrogens is 1. The smallest absolute Gasteiger partial charge is 0.418 e. The summed E-state index contributed by atoms with van der Waals surface area (Å²) in [5.74, 6) is -2.03. The number of nitrogens with one attached hydrogen (secondary N) is 3. The Hall–Kier alpha value is -5.34. The minimum Gasteiger partial charge on any atom is -0.480 e. The third-order valence-corrected chi connectivity index (χ3v) is 5.81. The SMILES string of the molecule is CCOC(=O)c1cccc(NC(=O)NCc2ccn(-c3cc4c(cc3C(F)(F)F)[nH]c(=O)c(=O)n4CC(=O)O)c2)c1. The van der Waals surface area contributed by atoms with Gasteiger partial charge in [-0.1, -0.05) is 6.07 Å². The summed E-state index contributed by atoms with van der Waals surface area (Å²) in [7, 11) is 0. The highest BCUT2D eigenvalue weighted by Gasteiger charge is 2.35. The van der Waals surface area contributed by atoms with Crippen LogP contribution in [0.2, 0.25) is 0 Å². The van der Waals surface area contributed by atoms with Gasteiger partial charge in [0, 0.05) is 24.6 Å². The molecule has 214 valence electrons. The molecule has 0 atom stereocenters.